The third-order valence-corrected chi connectivity index (χ3v) is 5.33. The van der Waals surface area contributed by atoms with Crippen molar-refractivity contribution in [3.05, 3.63) is 59.5 Å². The van der Waals surface area contributed by atoms with E-state index in [4.69, 9.17) is 0 Å². The number of hydrogen-bond acceptors (Lipinski definition) is 3. The number of rotatable bonds is 4. The molecule has 1 aliphatic heterocycles. The molecule has 0 N–H and O–H groups in total. The Morgan fingerprint density at radius 3 is 2.83 bits per heavy atom. The second-order valence-corrected chi connectivity index (χ2v) is 7.25. The number of carbonyl (C=O) groups excluding carboxylic acids is 1. The summed E-state index contributed by atoms with van der Waals surface area (Å²) in [7, 11) is 0. The highest BCUT2D eigenvalue weighted by molar-refractivity contribution is 5.79. The first kappa shape index (κ1) is 19.4. The highest BCUT2D eigenvalue weighted by atomic mass is 19.4. The molecule has 1 unspecified atom stereocenters. The van der Waals surface area contributed by atoms with Crippen molar-refractivity contribution in [2.45, 2.75) is 38.4 Å². The molecule has 1 atom stereocenters. The average Bonchev–Trinajstić information content (AvgIpc) is 3.31. The van der Waals surface area contributed by atoms with Crippen molar-refractivity contribution in [3.63, 3.8) is 0 Å². The maximum Gasteiger partial charge on any atom is 0.416 e. The molecule has 0 saturated carbocycles. The number of hydrogen-bond donors (Lipinski definition) is 0. The monoisotopic (exact) mass is 402 g/mol. The molecule has 0 aliphatic carbocycles. The summed E-state index contributed by atoms with van der Waals surface area (Å²) in [5.41, 5.74) is 1.28. The predicted molar refractivity (Wildman–Crippen MR) is 102 cm³/mol. The van der Waals surface area contributed by atoms with Crippen molar-refractivity contribution < 1.29 is 18.0 Å². The Kier molecular flexibility index (Phi) is 5.02. The number of aromatic nitrogens is 3. The van der Waals surface area contributed by atoms with Crippen LogP contribution >= 0.6 is 0 Å². The van der Waals surface area contributed by atoms with Crippen molar-refractivity contribution in [3.8, 4) is 0 Å². The number of amides is 1. The molecule has 1 fully saturated rings. The van der Waals surface area contributed by atoms with Crippen LogP contribution in [0.5, 0.6) is 0 Å². The summed E-state index contributed by atoms with van der Waals surface area (Å²) in [4.78, 5) is 23.5. The van der Waals surface area contributed by atoms with Crippen LogP contribution in [0.4, 0.5) is 13.2 Å². The van der Waals surface area contributed by atoms with Crippen LogP contribution in [-0.2, 0) is 23.8 Å². The van der Waals surface area contributed by atoms with Gasteiger partial charge in [-0.1, -0.05) is 25.1 Å². The lowest BCUT2D eigenvalue weighted by atomic mass is 10.1. The van der Waals surface area contributed by atoms with Crippen molar-refractivity contribution >= 4 is 17.1 Å². The van der Waals surface area contributed by atoms with Gasteiger partial charge in [-0.05, 0) is 30.2 Å². The first-order chi connectivity index (χ1) is 13.9. The minimum atomic E-state index is -4.41. The van der Waals surface area contributed by atoms with Crippen LogP contribution in [0.15, 0.2) is 42.6 Å². The van der Waals surface area contributed by atoms with Gasteiger partial charge in [0, 0.05) is 25.7 Å². The van der Waals surface area contributed by atoms with Gasteiger partial charge in [0.15, 0.2) is 5.65 Å². The normalized spacial score (nSPS) is 17.2. The van der Waals surface area contributed by atoms with Gasteiger partial charge in [-0.25, -0.2) is 9.97 Å². The Balaban J connectivity index is 1.50. The SMILES string of the molecule is CCc1nc2cccnc2n1C1CCN(C(=O)Cc2cccc(C(F)(F)F)c2)C1. The van der Waals surface area contributed by atoms with E-state index >= 15 is 0 Å². The minimum Gasteiger partial charge on any atom is -0.340 e. The highest BCUT2D eigenvalue weighted by Crippen LogP contribution is 2.30. The molecule has 1 aliphatic rings. The summed E-state index contributed by atoms with van der Waals surface area (Å²) in [6.07, 6.45) is -1.20. The average molecular weight is 402 g/mol. The molecular weight excluding hydrogens is 381 g/mol. The maximum absolute atomic E-state index is 12.9. The zero-order valence-corrected chi connectivity index (χ0v) is 16.0. The molecule has 0 spiro atoms. The first-order valence-corrected chi connectivity index (χ1v) is 9.62. The van der Waals surface area contributed by atoms with E-state index in [2.05, 4.69) is 14.5 Å². The Morgan fingerprint density at radius 2 is 2.07 bits per heavy atom. The van der Waals surface area contributed by atoms with Crippen LogP contribution in [0.3, 0.4) is 0 Å². The molecular formula is C21H21F3N4O. The number of carbonyl (C=O) groups is 1. The van der Waals surface area contributed by atoms with Gasteiger partial charge in [0.05, 0.1) is 18.0 Å². The van der Waals surface area contributed by atoms with Gasteiger partial charge >= 0.3 is 6.18 Å². The fourth-order valence-electron chi connectivity index (χ4n) is 3.93. The standard InChI is InChI=1S/C21H21F3N4O/c1-2-18-26-17-7-4-9-25-20(17)28(18)16-8-10-27(13-16)19(29)12-14-5-3-6-15(11-14)21(22,23)24/h3-7,9,11,16H,2,8,10,12-13H2,1H3. The Morgan fingerprint density at radius 1 is 1.24 bits per heavy atom. The van der Waals surface area contributed by atoms with Crippen LogP contribution in [0.25, 0.3) is 11.2 Å². The quantitative estimate of drug-likeness (QED) is 0.662. The lowest BCUT2D eigenvalue weighted by Gasteiger charge is -2.19. The third-order valence-electron chi connectivity index (χ3n) is 5.33. The molecule has 1 aromatic carbocycles. The van der Waals surface area contributed by atoms with E-state index in [0.29, 0.717) is 18.7 Å². The van der Waals surface area contributed by atoms with Gasteiger partial charge in [-0.15, -0.1) is 0 Å². The summed E-state index contributed by atoms with van der Waals surface area (Å²) in [5.74, 6) is 0.762. The molecule has 29 heavy (non-hydrogen) atoms. The van der Waals surface area contributed by atoms with Crippen LogP contribution in [0, 0.1) is 0 Å². The number of aryl methyl sites for hydroxylation is 1. The minimum absolute atomic E-state index is 0.0415. The number of benzene rings is 1. The number of imidazole rings is 1. The van der Waals surface area contributed by atoms with Gasteiger partial charge in [-0.2, -0.15) is 13.2 Å². The van der Waals surface area contributed by atoms with Gasteiger partial charge in [0.25, 0.3) is 0 Å². The summed E-state index contributed by atoms with van der Waals surface area (Å²) in [5, 5.41) is 0. The summed E-state index contributed by atoms with van der Waals surface area (Å²) in [6.45, 7) is 3.11. The number of halogens is 3. The van der Waals surface area contributed by atoms with E-state index in [1.165, 1.54) is 6.07 Å². The number of fused-ring (bicyclic) bond motifs is 1. The lowest BCUT2D eigenvalue weighted by molar-refractivity contribution is -0.138. The van der Waals surface area contributed by atoms with E-state index in [1.807, 2.05) is 19.1 Å². The smallest absolute Gasteiger partial charge is 0.340 e. The Labute approximate surface area is 166 Å². The molecule has 1 amide bonds. The van der Waals surface area contributed by atoms with E-state index in [0.717, 1.165) is 42.0 Å². The fourth-order valence-corrected chi connectivity index (χ4v) is 3.93. The number of alkyl halides is 3. The summed E-state index contributed by atoms with van der Waals surface area (Å²) in [6, 6.07) is 8.80. The summed E-state index contributed by atoms with van der Waals surface area (Å²) < 4.78 is 40.8. The van der Waals surface area contributed by atoms with E-state index in [9.17, 15) is 18.0 Å². The molecule has 0 bridgehead atoms. The molecule has 3 aromatic rings. The topological polar surface area (TPSA) is 51.0 Å². The van der Waals surface area contributed by atoms with Gasteiger partial charge < -0.3 is 9.47 Å². The van der Waals surface area contributed by atoms with Crippen LogP contribution in [-0.4, -0.2) is 38.4 Å². The molecule has 3 heterocycles. The van der Waals surface area contributed by atoms with Gasteiger partial charge in [-0.3, -0.25) is 4.79 Å². The molecule has 4 rings (SSSR count). The lowest BCUT2D eigenvalue weighted by Crippen LogP contribution is -2.30. The predicted octanol–water partition coefficient (Wildman–Crippen LogP) is 4.03. The second kappa shape index (κ2) is 7.50. The largest absolute Gasteiger partial charge is 0.416 e. The molecule has 8 heteroatoms. The molecule has 5 nitrogen and oxygen atoms in total. The highest BCUT2D eigenvalue weighted by Gasteiger charge is 2.32. The molecule has 152 valence electrons. The third kappa shape index (κ3) is 3.83. The maximum atomic E-state index is 12.9. The Bertz CT molecular complexity index is 1040. The van der Waals surface area contributed by atoms with Gasteiger partial charge in [0.2, 0.25) is 5.91 Å². The van der Waals surface area contributed by atoms with E-state index < -0.39 is 11.7 Å². The van der Waals surface area contributed by atoms with Crippen molar-refractivity contribution in [2.75, 3.05) is 13.1 Å². The zero-order valence-electron chi connectivity index (χ0n) is 16.0. The fraction of sp³-hybridized carbons (Fsp3) is 0.381. The van der Waals surface area contributed by atoms with E-state index in [-0.39, 0.29) is 18.4 Å². The molecule has 2 aromatic heterocycles. The van der Waals surface area contributed by atoms with Gasteiger partial charge in [0.1, 0.15) is 11.3 Å². The number of nitrogens with zero attached hydrogens (tertiary/aromatic N) is 4. The Hall–Kier alpha value is -2.90. The van der Waals surface area contributed by atoms with Crippen LogP contribution in [0.1, 0.15) is 36.3 Å². The first-order valence-electron chi connectivity index (χ1n) is 9.62. The number of likely N-dealkylation sites (tertiary alicyclic amines) is 1. The van der Waals surface area contributed by atoms with Crippen LogP contribution in [0.2, 0.25) is 0 Å². The number of pyridine rings is 1. The van der Waals surface area contributed by atoms with E-state index in [1.54, 1.807) is 17.2 Å². The molecule has 1 saturated heterocycles. The second-order valence-electron chi connectivity index (χ2n) is 7.25. The van der Waals surface area contributed by atoms with Crippen molar-refractivity contribution in [1.82, 2.24) is 19.4 Å². The zero-order chi connectivity index (χ0) is 20.6. The van der Waals surface area contributed by atoms with Crippen molar-refractivity contribution in [2.24, 2.45) is 0 Å². The molecule has 0 radical (unpaired) electrons. The van der Waals surface area contributed by atoms with Crippen molar-refractivity contribution in [1.29, 1.82) is 0 Å². The summed E-state index contributed by atoms with van der Waals surface area (Å²) >= 11 is 0. The van der Waals surface area contributed by atoms with Crippen LogP contribution < -0.4 is 0 Å².